The lowest BCUT2D eigenvalue weighted by molar-refractivity contribution is 0.600. The number of hydrazine groups is 1. The van der Waals surface area contributed by atoms with E-state index >= 15 is 0 Å². The lowest BCUT2D eigenvalue weighted by atomic mass is 9.89. The van der Waals surface area contributed by atoms with E-state index in [1.54, 1.807) is 12.1 Å². The third kappa shape index (κ3) is 2.67. The molecule has 0 fully saturated rings. The molecule has 0 saturated heterocycles. The number of halogens is 1. The normalized spacial score (nSPS) is 12.5. The van der Waals surface area contributed by atoms with Crippen LogP contribution in [0.4, 0.5) is 4.39 Å². The Balaban J connectivity index is 2.59. The van der Waals surface area contributed by atoms with Gasteiger partial charge in [0.2, 0.25) is 0 Å². The van der Waals surface area contributed by atoms with Gasteiger partial charge < -0.3 is 0 Å². The maximum Gasteiger partial charge on any atom is 0.123 e. The van der Waals surface area contributed by atoms with E-state index in [9.17, 15) is 4.39 Å². The standard InChI is InChI=1S/C16H19FN2/c1-10-7-8-13(17)9-14(10)16(19-18)15-11(2)5-4-6-12(15)3/h4-9,16,19H,18H2,1-3H3. The second-order valence-electron chi connectivity index (χ2n) is 4.91. The zero-order chi connectivity index (χ0) is 14.0. The fraction of sp³-hybridized carbons (Fsp3) is 0.250. The van der Waals surface area contributed by atoms with Crippen molar-refractivity contribution in [2.45, 2.75) is 26.8 Å². The molecule has 2 rings (SSSR count). The number of nitrogens with two attached hydrogens (primary N) is 1. The van der Waals surface area contributed by atoms with Crippen molar-refractivity contribution in [1.82, 2.24) is 5.43 Å². The van der Waals surface area contributed by atoms with Crippen molar-refractivity contribution in [2.24, 2.45) is 5.84 Å². The second kappa shape index (κ2) is 5.51. The molecule has 1 atom stereocenters. The number of aryl methyl sites for hydroxylation is 3. The van der Waals surface area contributed by atoms with E-state index in [0.717, 1.165) is 27.8 Å². The van der Waals surface area contributed by atoms with Crippen LogP contribution >= 0.6 is 0 Å². The summed E-state index contributed by atoms with van der Waals surface area (Å²) in [5, 5.41) is 0. The predicted octanol–water partition coefficient (Wildman–Crippen LogP) is 3.30. The van der Waals surface area contributed by atoms with Gasteiger partial charge in [-0.15, -0.1) is 0 Å². The number of rotatable bonds is 3. The number of hydrogen-bond donors (Lipinski definition) is 2. The Morgan fingerprint density at radius 2 is 1.63 bits per heavy atom. The van der Waals surface area contributed by atoms with E-state index in [1.165, 1.54) is 6.07 Å². The van der Waals surface area contributed by atoms with Gasteiger partial charge in [-0.05, 0) is 60.7 Å². The molecule has 100 valence electrons. The first kappa shape index (κ1) is 13.7. The quantitative estimate of drug-likeness (QED) is 0.655. The molecule has 3 heteroatoms. The molecule has 0 aliphatic rings. The molecule has 0 radical (unpaired) electrons. The van der Waals surface area contributed by atoms with Gasteiger partial charge in [-0.3, -0.25) is 5.84 Å². The topological polar surface area (TPSA) is 38.0 Å². The highest BCUT2D eigenvalue weighted by molar-refractivity contribution is 5.44. The molecule has 1 unspecified atom stereocenters. The molecular weight excluding hydrogens is 239 g/mol. The predicted molar refractivity (Wildman–Crippen MR) is 76.2 cm³/mol. The molecule has 19 heavy (non-hydrogen) atoms. The molecule has 3 N–H and O–H groups in total. The molecule has 2 aromatic carbocycles. The molecule has 0 amide bonds. The lowest BCUT2D eigenvalue weighted by Crippen LogP contribution is -2.30. The molecular formula is C16H19FN2. The number of benzene rings is 2. The van der Waals surface area contributed by atoms with Gasteiger partial charge in [0.05, 0.1) is 6.04 Å². The first-order chi connectivity index (χ1) is 9.04. The van der Waals surface area contributed by atoms with Crippen LogP contribution in [0.5, 0.6) is 0 Å². The first-order valence-electron chi connectivity index (χ1n) is 6.33. The van der Waals surface area contributed by atoms with Crippen LogP contribution < -0.4 is 11.3 Å². The van der Waals surface area contributed by atoms with Gasteiger partial charge in [-0.2, -0.15) is 0 Å². The van der Waals surface area contributed by atoms with Crippen molar-refractivity contribution in [3.05, 3.63) is 70.0 Å². The third-order valence-electron chi connectivity index (χ3n) is 3.55. The second-order valence-corrected chi connectivity index (χ2v) is 4.91. The smallest absolute Gasteiger partial charge is 0.123 e. The van der Waals surface area contributed by atoms with Gasteiger partial charge in [-0.1, -0.05) is 24.3 Å². The van der Waals surface area contributed by atoms with Crippen molar-refractivity contribution in [3.63, 3.8) is 0 Å². The lowest BCUT2D eigenvalue weighted by Gasteiger charge is -2.23. The monoisotopic (exact) mass is 258 g/mol. The van der Waals surface area contributed by atoms with Crippen LogP contribution in [-0.2, 0) is 0 Å². The molecule has 0 aliphatic carbocycles. The summed E-state index contributed by atoms with van der Waals surface area (Å²) < 4.78 is 13.5. The summed E-state index contributed by atoms with van der Waals surface area (Å²) in [6, 6.07) is 10.7. The van der Waals surface area contributed by atoms with E-state index in [4.69, 9.17) is 5.84 Å². The van der Waals surface area contributed by atoms with Gasteiger partial charge in [0.1, 0.15) is 5.82 Å². The van der Waals surface area contributed by atoms with Gasteiger partial charge in [0.25, 0.3) is 0 Å². The van der Waals surface area contributed by atoms with Gasteiger partial charge in [-0.25, -0.2) is 9.82 Å². The van der Waals surface area contributed by atoms with Crippen molar-refractivity contribution in [2.75, 3.05) is 0 Å². The van der Waals surface area contributed by atoms with Crippen LogP contribution in [0.3, 0.4) is 0 Å². The summed E-state index contributed by atoms with van der Waals surface area (Å²) in [5.41, 5.74) is 8.11. The zero-order valence-electron chi connectivity index (χ0n) is 11.5. The summed E-state index contributed by atoms with van der Waals surface area (Å²) in [4.78, 5) is 0. The minimum absolute atomic E-state index is 0.197. The van der Waals surface area contributed by atoms with Crippen LogP contribution in [-0.4, -0.2) is 0 Å². The summed E-state index contributed by atoms with van der Waals surface area (Å²) >= 11 is 0. The average Bonchev–Trinajstić information content (AvgIpc) is 2.37. The largest absolute Gasteiger partial charge is 0.271 e. The Labute approximate surface area is 113 Å². The Hall–Kier alpha value is -1.71. The van der Waals surface area contributed by atoms with Gasteiger partial charge in [0.15, 0.2) is 0 Å². The van der Waals surface area contributed by atoms with E-state index in [0.29, 0.717) is 0 Å². The molecule has 0 bridgehead atoms. The molecule has 2 nitrogen and oxygen atoms in total. The van der Waals surface area contributed by atoms with Crippen LogP contribution in [0.2, 0.25) is 0 Å². The van der Waals surface area contributed by atoms with E-state index < -0.39 is 0 Å². The highest BCUT2D eigenvalue weighted by Gasteiger charge is 2.19. The van der Waals surface area contributed by atoms with Crippen molar-refractivity contribution in [1.29, 1.82) is 0 Å². The summed E-state index contributed by atoms with van der Waals surface area (Å²) in [6.45, 7) is 6.05. The summed E-state index contributed by atoms with van der Waals surface area (Å²) in [7, 11) is 0. The third-order valence-corrected chi connectivity index (χ3v) is 3.55. The van der Waals surface area contributed by atoms with Crippen LogP contribution in [0, 0.1) is 26.6 Å². The summed E-state index contributed by atoms with van der Waals surface area (Å²) in [6.07, 6.45) is 0. The Morgan fingerprint density at radius 1 is 1.00 bits per heavy atom. The van der Waals surface area contributed by atoms with Gasteiger partial charge >= 0.3 is 0 Å². The Morgan fingerprint density at radius 3 is 2.21 bits per heavy atom. The van der Waals surface area contributed by atoms with Crippen molar-refractivity contribution >= 4 is 0 Å². The van der Waals surface area contributed by atoms with E-state index in [2.05, 4.69) is 5.43 Å². The SMILES string of the molecule is Cc1ccc(F)cc1C(NN)c1c(C)cccc1C. The van der Waals surface area contributed by atoms with Gasteiger partial charge in [0, 0.05) is 0 Å². The molecule has 2 aromatic rings. The Kier molecular flexibility index (Phi) is 3.98. The highest BCUT2D eigenvalue weighted by Crippen LogP contribution is 2.29. The fourth-order valence-corrected chi connectivity index (χ4v) is 2.53. The van der Waals surface area contributed by atoms with Crippen LogP contribution in [0.1, 0.15) is 33.9 Å². The fourth-order valence-electron chi connectivity index (χ4n) is 2.53. The molecule has 0 aromatic heterocycles. The van der Waals surface area contributed by atoms with E-state index in [1.807, 2.05) is 39.0 Å². The Bertz CT molecular complexity index is 573. The number of hydrogen-bond acceptors (Lipinski definition) is 2. The first-order valence-corrected chi connectivity index (χ1v) is 6.33. The maximum absolute atomic E-state index is 13.5. The minimum Gasteiger partial charge on any atom is -0.271 e. The van der Waals surface area contributed by atoms with Crippen LogP contribution in [0.25, 0.3) is 0 Å². The summed E-state index contributed by atoms with van der Waals surface area (Å²) in [5.74, 6) is 5.48. The molecule has 0 saturated carbocycles. The average molecular weight is 258 g/mol. The van der Waals surface area contributed by atoms with Crippen molar-refractivity contribution < 1.29 is 4.39 Å². The van der Waals surface area contributed by atoms with E-state index in [-0.39, 0.29) is 11.9 Å². The molecule has 0 heterocycles. The highest BCUT2D eigenvalue weighted by atomic mass is 19.1. The minimum atomic E-state index is -0.243. The molecule has 0 spiro atoms. The maximum atomic E-state index is 13.5. The number of nitrogens with one attached hydrogen (secondary N) is 1. The van der Waals surface area contributed by atoms with Crippen LogP contribution in [0.15, 0.2) is 36.4 Å². The molecule has 0 aliphatic heterocycles. The van der Waals surface area contributed by atoms with Crippen molar-refractivity contribution in [3.8, 4) is 0 Å². The zero-order valence-corrected chi connectivity index (χ0v) is 11.5.